The Balaban J connectivity index is 2.15. The van der Waals surface area contributed by atoms with E-state index in [2.05, 4.69) is 0 Å². The Morgan fingerprint density at radius 1 is 1.29 bits per heavy atom. The summed E-state index contributed by atoms with van der Waals surface area (Å²) in [7, 11) is 0. The van der Waals surface area contributed by atoms with E-state index < -0.39 is 30.4 Å². The number of carbonyl (C=O) groups is 1. The minimum absolute atomic E-state index is 0.126. The molecule has 0 radical (unpaired) electrons. The second kappa shape index (κ2) is 3.18. The summed E-state index contributed by atoms with van der Waals surface area (Å²) in [4.78, 5) is 10.9. The van der Waals surface area contributed by atoms with Crippen molar-refractivity contribution in [2.75, 3.05) is 0 Å². The van der Waals surface area contributed by atoms with Gasteiger partial charge in [-0.25, -0.2) is 4.79 Å². The molecule has 80 valence electrons. The van der Waals surface area contributed by atoms with Gasteiger partial charge < -0.3 is 19.7 Å². The molecule has 0 aromatic rings. The molecule has 0 bridgehead atoms. The molecular formula is C9H14O5. The molecule has 5 nitrogen and oxygen atoms in total. The number of rotatable bonds is 1. The molecule has 2 fully saturated rings. The maximum atomic E-state index is 10.9. The lowest BCUT2D eigenvalue weighted by atomic mass is 9.99. The third-order valence-corrected chi connectivity index (χ3v) is 2.77. The Kier molecular flexibility index (Phi) is 2.25. The molecule has 0 unspecified atom stereocenters. The first-order valence-corrected chi connectivity index (χ1v) is 4.74. The van der Waals surface area contributed by atoms with Gasteiger partial charge in [0.2, 0.25) is 0 Å². The van der Waals surface area contributed by atoms with Crippen molar-refractivity contribution in [3.05, 3.63) is 0 Å². The number of esters is 1. The van der Waals surface area contributed by atoms with Crippen LogP contribution in [0.25, 0.3) is 0 Å². The van der Waals surface area contributed by atoms with Crippen LogP contribution < -0.4 is 0 Å². The van der Waals surface area contributed by atoms with Gasteiger partial charge in [0.25, 0.3) is 0 Å². The highest BCUT2D eigenvalue weighted by Gasteiger charge is 2.56. The summed E-state index contributed by atoms with van der Waals surface area (Å²) < 4.78 is 10.2. The van der Waals surface area contributed by atoms with Crippen molar-refractivity contribution in [3.63, 3.8) is 0 Å². The van der Waals surface area contributed by atoms with E-state index in [1.807, 2.05) is 13.8 Å². The van der Waals surface area contributed by atoms with Crippen LogP contribution in [0.5, 0.6) is 0 Å². The van der Waals surface area contributed by atoms with Crippen LogP contribution in [0.2, 0.25) is 0 Å². The summed E-state index contributed by atoms with van der Waals surface area (Å²) in [6.45, 7) is 3.81. The lowest BCUT2D eigenvalue weighted by Gasteiger charge is -2.20. The van der Waals surface area contributed by atoms with E-state index in [0.29, 0.717) is 0 Å². The van der Waals surface area contributed by atoms with Gasteiger partial charge in [0.05, 0.1) is 6.10 Å². The SMILES string of the molecule is CC(C)[C@@H]1O[C@@H]2[C@H](OC(=O)[C@H]2O)[C@@H]1O. The molecule has 0 aliphatic carbocycles. The van der Waals surface area contributed by atoms with Crippen molar-refractivity contribution in [2.24, 2.45) is 5.92 Å². The van der Waals surface area contributed by atoms with E-state index >= 15 is 0 Å². The minimum Gasteiger partial charge on any atom is -0.455 e. The summed E-state index contributed by atoms with van der Waals surface area (Å²) in [6, 6.07) is 0. The second-order valence-electron chi connectivity index (χ2n) is 4.15. The van der Waals surface area contributed by atoms with Crippen molar-refractivity contribution < 1.29 is 24.5 Å². The minimum atomic E-state index is -1.25. The first-order valence-electron chi connectivity index (χ1n) is 4.74. The molecule has 0 amide bonds. The zero-order valence-electron chi connectivity index (χ0n) is 8.08. The molecule has 5 atom stereocenters. The fraction of sp³-hybridized carbons (Fsp3) is 0.889. The molecule has 2 heterocycles. The van der Waals surface area contributed by atoms with Gasteiger partial charge in [-0.15, -0.1) is 0 Å². The van der Waals surface area contributed by atoms with Crippen LogP contribution in [0.15, 0.2) is 0 Å². The van der Waals surface area contributed by atoms with Crippen LogP contribution in [0, 0.1) is 5.92 Å². The molecule has 0 aromatic carbocycles. The van der Waals surface area contributed by atoms with E-state index in [-0.39, 0.29) is 12.0 Å². The van der Waals surface area contributed by atoms with Gasteiger partial charge >= 0.3 is 5.97 Å². The van der Waals surface area contributed by atoms with E-state index in [4.69, 9.17) is 9.47 Å². The Bertz CT molecular complexity index is 252. The first-order chi connectivity index (χ1) is 6.52. The molecular weight excluding hydrogens is 188 g/mol. The van der Waals surface area contributed by atoms with Gasteiger partial charge in [-0.05, 0) is 5.92 Å². The summed E-state index contributed by atoms with van der Waals surface area (Å²) >= 11 is 0. The van der Waals surface area contributed by atoms with Gasteiger partial charge in [0.1, 0.15) is 12.2 Å². The Hall–Kier alpha value is -0.650. The molecule has 2 rings (SSSR count). The number of fused-ring (bicyclic) bond motifs is 1. The Morgan fingerprint density at radius 2 is 1.93 bits per heavy atom. The molecule has 2 aliphatic heterocycles. The van der Waals surface area contributed by atoms with Crippen molar-refractivity contribution >= 4 is 5.97 Å². The molecule has 0 spiro atoms. The van der Waals surface area contributed by atoms with Crippen LogP contribution in [0.4, 0.5) is 0 Å². The maximum absolute atomic E-state index is 10.9. The van der Waals surface area contributed by atoms with Crippen LogP contribution in [0.3, 0.4) is 0 Å². The zero-order valence-corrected chi connectivity index (χ0v) is 8.08. The molecule has 0 saturated carbocycles. The normalized spacial score (nSPS) is 46.9. The van der Waals surface area contributed by atoms with E-state index in [0.717, 1.165) is 0 Å². The predicted molar refractivity (Wildman–Crippen MR) is 45.4 cm³/mol. The second-order valence-corrected chi connectivity index (χ2v) is 4.15. The largest absolute Gasteiger partial charge is 0.455 e. The molecule has 14 heavy (non-hydrogen) atoms. The molecule has 2 aliphatic rings. The number of hydrogen-bond acceptors (Lipinski definition) is 5. The topological polar surface area (TPSA) is 76.0 Å². The van der Waals surface area contributed by atoms with Gasteiger partial charge in [-0.3, -0.25) is 0 Å². The third-order valence-electron chi connectivity index (χ3n) is 2.77. The Labute approximate surface area is 81.6 Å². The lowest BCUT2D eigenvalue weighted by Crippen LogP contribution is -2.34. The fourth-order valence-electron chi connectivity index (χ4n) is 2.00. The number of hydrogen-bond donors (Lipinski definition) is 2. The quantitative estimate of drug-likeness (QED) is 0.536. The highest BCUT2D eigenvalue weighted by atomic mass is 16.6. The summed E-state index contributed by atoms with van der Waals surface area (Å²) in [5, 5.41) is 19.1. The summed E-state index contributed by atoms with van der Waals surface area (Å²) in [5.74, 6) is -0.581. The van der Waals surface area contributed by atoms with E-state index in [1.54, 1.807) is 0 Å². The zero-order chi connectivity index (χ0) is 10.5. The smallest absolute Gasteiger partial charge is 0.338 e. The van der Waals surface area contributed by atoms with E-state index in [9.17, 15) is 15.0 Å². The molecule has 2 N–H and O–H groups in total. The van der Waals surface area contributed by atoms with Crippen LogP contribution in [-0.4, -0.2) is 46.7 Å². The van der Waals surface area contributed by atoms with Crippen molar-refractivity contribution in [3.8, 4) is 0 Å². The highest BCUT2D eigenvalue weighted by molar-refractivity contribution is 5.78. The number of ether oxygens (including phenoxy) is 2. The average molecular weight is 202 g/mol. The van der Waals surface area contributed by atoms with Crippen LogP contribution in [-0.2, 0) is 14.3 Å². The molecule has 2 saturated heterocycles. The van der Waals surface area contributed by atoms with Crippen molar-refractivity contribution in [1.82, 2.24) is 0 Å². The first kappa shape index (κ1) is 9.89. The number of aliphatic hydroxyl groups is 2. The third kappa shape index (κ3) is 1.24. The average Bonchev–Trinajstić information content (AvgIpc) is 2.56. The van der Waals surface area contributed by atoms with Gasteiger partial charge in [-0.1, -0.05) is 13.8 Å². The predicted octanol–water partition coefficient (Wildman–Crippen LogP) is -0.943. The van der Waals surface area contributed by atoms with Crippen molar-refractivity contribution in [1.29, 1.82) is 0 Å². The standard InChI is InChI=1S/C9H14O5/c1-3(2)6-4(10)7-8(13-6)5(11)9(12)14-7/h3-8,10-11H,1-2H3/t4-,5+,6+,7-,8+/m1/s1. The summed E-state index contributed by atoms with van der Waals surface area (Å²) in [6.07, 6.45) is -3.86. The number of carbonyl (C=O) groups excluding carboxylic acids is 1. The number of aliphatic hydroxyl groups excluding tert-OH is 2. The van der Waals surface area contributed by atoms with Gasteiger partial charge in [0, 0.05) is 0 Å². The van der Waals surface area contributed by atoms with Crippen LogP contribution in [0.1, 0.15) is 13.8 Å². The Morgan fingerprint density at radius 3 is 2.43 bits per heavy atom. The van der Waals surface area contributed by atoms with Gasteiger partial charge in [-0.2, -0.15) is 0 Å². The lowest BCUT2D eigenvalue weighted by molar-refractivity contribution is -0.154. The van der Waals surface area contributed by atoms with Crippen LogP contribution >= 0.6 is 0 Å². The monoisotopic (exact) mass is 202 g/mol. The summed E-state index contributed by atoms with van der Waals surface area (Å²) in [5.41, 5.74) is 0. The van der Waals surface area contributed by atoms with Gasteiger partial charge in [0.15, 0.2) is 12.2 Å². The fourth-order valence-corrected chi connectivity index (χ4v) is 2.00. The van der Waals surface area contributed by atoms with E-state index in [1.165, 1.54) is 0 Å². The van der Waals surface area contributed by atoms with Crippen molar-refractivity contribution in [2.45, 2.75) is 44.4 Å². The highest BCUT2D eigenvalue weighted by Crippen LogP contribution is 2.34. The molecule has 5 heteroatoms. The maximum Gasteiger partial charge on any atom is 0.338 e. The molecule has 0 aromatic heterocycles.